The Bertz CT molecular complexity index is 323. The molecular formula is C26H54N2+2. The number of hydrogen-bond donors (Lipinski definition) is 2. The molecule has 4 atom stereocenters. The molecule has 2 saturated heterocycles. The van der Waals surface area contributed by atoms with Gasteiger partial charge in [-0.25, -0.2) is 0 Å². The monoisotopic (exact) mass is 394 g/mol. The molecule has 0 aromatic heterocycles. The van der Waals surface area contributed by atoms with Gasteiger partial charge in [0.05, 0.1) is 39.3 Å². The second kappa shape index (κ2) is 14.0. The van der Waals surface area contributed by atoms with Gasteiger partial charge in [0.2, 0.25) is 0 Å². The van der Waals surface area contributed by atoms with E-state index in [1.54, 1.807) is 0 Å². The quantitative estimate of drug-likeness (QED) is 0.388. The second-order valence-electron chi connectivity index (χ2n) is 10.3. The van der Waals surface area contributed by atoms with Gasteiger partial charge < -0.3 is 9.80 Å². The Morgan fingerprint density at radius 3 is 0.929 bits per heavy atom. The van der Waals surface area contributed by atoms with Gasteiger partial charge in [-0.2, -0.15) is 0 Å². The Hall–Kier alpha value is -0.0800. The fraction of sp³-hybridized carbons (Fsp3) is 1.00. The molecule has 2 aliphatic rings. The summed E-state index contributed by atoms with van der Waals surface area (Å²) in [6.07, 6.45) is 17.4. The van der Waals surface area contributed by atoms with Crippen molar-refractivity contribution in [1.29, 1.82) is 0 Å². The van der Waals surface area contributed by atoms with E-state index >= 15 is 0 Å². The first-order chi connectivity index (χ1) is 13.7. The summed E-state index contributed by atoms with van der Waals surface area (Å²) < 4.78 is 0. The van der Waals surface area contributed by atoms with E-state index in [-0.39, 0.29) is 0 Å². The summed E-state index contributed by atoms with van der Waals surface area (Å²) >= 11 is 0. The first-order valence-corrected chi connectivity index (χ1v) is 13.4. The number of quaternary nitrogens is 2. The zero-order valence-electron chi connectivity index (χ0n) is 20.0. The van der Waals surface area contributed by atoms with E-state index in [2.05, 4.69) is 27.7 Å². The molecule has 2 heteroatoms. The first-order valence-electron chi connectivity index (χ1n) is 13.4. The molecule has 2 aliphatic heterocycles. The predicted octanol–water partition coefficient (Wildman–Crippen LogP) is 4.01. The van der Waals surface area contributed by atoms with Gasteiger partial charge in [-0.15, -0.1) is 0 Å². The van der Waals surface area contributed by atoms with Crippen LogP contribution >= 0.6 is 0 Å². The number of hydrogen-bond acceptors (Lipinski definition) is 0. The number of rotatable bonds is 15. The van der Waals surface area contributed by atoms with E-state index in [4.69, 9.17) is 0 Å². The van der Waals surface area contributed by atoms with E-state index < -0.39 is 0 Å². The first kappa shape index (κ1) is 24.2. The number of nitrogens with one attached hydrogen (secondary N) is 2. The van der Waals surface area contributed by atoms with Crippen molar-refractivity contribution in [3.63, 3.8) is 0 Å². The minimum Gasteiger partial charge on any atom is -0.334 e. The average Bonchev–Trinajstić information content (AvgIpc) is 3.32. The maximum atomic E-state index is 2.40. The van der Waals surface area contributed by atoms with Gasteiger partial charge in [-0.3, -0.25) is 0 Å². The van der Waals surface area contributed by atoms with Crippen LogP contribution in [0.5, 0.6) is 0 Å². The third-order valence-electron chi connectivity index (χ3n) is 8.44. The molecule has 0 radical (unpaired) electrons. The van der Waals surface area contributed by atoms with Crippen LogP contribution in [0, 0.1) is 23.7 Å². The van der Waals surface area contributed by atoms with Crippen molar-refractivity contribution in [2.45, 2.75) is 105 Å². The summed E-state index contributed by atoms with van der Waals surface area (Å²) in [5, 5.41) is 0. The highest BCUT2D eigenvalue weighted by molar-refractivity contribution is 4.72. The highest BCUT2D eigenvalue weighted by Crippen LogP contribution is 2.21. The molecule has 2 nitrogen and oxygen atoms in total. The molecule has 0 saturated carbocycles. The lowest BCUT2D eigenvalue weighted by atomic mass is 9.92. The normalized spacial score (nSPS) is 33.0. The van der Waals surface area contributed by atoms with Crippen LogP contribution in [0.15, 0.2) is 0 Å². The Labute approximate surface area is 177 Å². The Morgan fingerprint density at radius 1 is 0.429 bits per heavy atom. The van der Waals surface area contributed by atoms with Crippen LogP contribution in [-0.2, 0) is 0 Å². The molecule has 0 bridgehead atoms. The van der Waals surface area contributed by atoms with Crippen LogP contribution in [-0.4, -0.2) is 39.3 Å². The molecule has 0 aromatic rings. The molecule has 4 unspecified atom stereocenters. The Balaban J connectivity index is 1.38. The van der Waals surface area contributed by atoms with Gasteiger partial charge in [-0.1, -0.05) is 53.4 Å². The van der Waals surface area contributed by atoms with Gasteiger partial charge in [0.25, 0.3) is 0 Å². The summed E-state index contributed by atoms with van der Waals surface area (Å²) in [6, 6.07) is 0. The summed E-state index contributed by atoms with van der Waals surface area (Å²) in [6.45, 7) is 18.3. The van der Waals surface area contributed by atoms with Crippen molar-refractivity contribution < 1.29 is 9.80 Å². The molecule has 28 heavy (non-hydrogen) atoms. The van der Waals surface area contributed by atoms with E-state index in [1.807, 2.05) is 9.80 Å². The third kappa shape index (κ3) is 7.98. The summed E-state index contributed by atoms with van der Waals surface area (Å²) in [4.78, 5) is 3.83. The standard InChI is InChI=1S/C26H52N2/c1-5-23-19-27(20-24(23)6-2)17-15-13-11-9-10-12-14-16-18-28-21-25(7-3)26(8-4)22-28/h23-26H,5-22H2,1-4H3/p+2. The van der Waals surface area contributed by atoms with Gasteiger partial charge >= 0.3 is 0 Å². The summed E-state index contributed by atoms with van der Waals surface area (Å²) in [7, 11) is 0. The largest absolute Gasteiger partial charge is 0.334 e. The SMILES string of the molecule is CCC1C[NH+](CCCCCCCCCC[NH+]2CC(CC)C(CC)C2)CC1CC. The fourth-order valence-corrected chi connectivity index (χ4v) is 6.45. The molecule has 166 valence electrons. The third-order valence-corrected chi connectivity index (χ3v) is 8.44. The lowest BCUT2D eigenvalue weighted by Gasteiger charge is -2.13. The maximum Gasteiger partial charge on any atom is 0.0804 e. The van der Waals surface area contributed by atoms with Crippen molar-refractivity contribution in [3.05, 3.63) is 0 Å². The predicted molar refractivity (Wildman–Crippen MR) is 123 cm³/mol. The minimum atomic E-state index is 1.02. The highest BCUT2D eigenvalue weighted by Gasteiger charge is 2.34. The Kier molecular flexibility index (Phi) is 12.1. The average molecular weight is 395 g/mol. The molecule has 2 fully saturated rings. The van der Waals surface area contributed by atoms with Gasteiger partial charge in [0.1, 0.15) is 0 Å². The fourth-order valence-electron chi connectivity index (χ4n) is 6.45. The van der Waals surface area contributed by atoms with Crippen LogP contribution in [0.25, 0.3) is 0 Å². The molecule has 2 rings (SSSR count). The zero-order valence-corrected chi connectivity index (χ0v) is 20.0. The summed E-state index contributed by atoms with van der Waals surface area (Å²) in [5.41, 5.74) is 0. The van der Waals surface area contributed by atoms with Crippen molar-refractivity contribution in [1.82, 2.24) is 0 Å². The van der Waals surface area contributed by atoms with E-state index in [0.717, 1.165) is 23.7 Å². The van der Waals surface area contributed by atoms with Crippen molar-refractivity contribution >= 4 is 0 Å². The molecule has 2 heterocycles. The zero-order chi connectivity index (χ0) is 20.2. The van der Waals surface area contributed by atoms with Crippen LogP contribution in [0.4, 0.5) is 0 Å². The summed E-state index contributed by atoms with van der Waals surface area (Å²) in [5.74, 6) is 4.07. The van der Waals surface area contributed by atoms with Crippen molar-refractivity contribution in [3.8, 4) is 0 Å². The van der Waals surface area contributed by atoms with Gasteiger partial charge in [0, 0.05) is 23.7 Å². The van der Waals surface area contributed by atoms with Crippen molar-refractivity contribution in [2.24, 2.45) is 23.7 Å². The van der Waals surface area contributed by atoms with Crippen LogP contribution < -0.4 is 9.80 Å². The van der Waals surface area contributed by atoms with Crippen molar-refractivity contribution in [2.75, 3.05) is 39.3 Å². The van der Waals surface area contributed by atoms with Gasteiger partial charge in [-0.05, 0) is 51.4 Å². The molecule has 0 amide bonds. The molecular weight excluding hydrogens is 340 g/mol. The number of likely N-dealkylation sites (tertiary alicyclic amines) is 2. The molecule has 0 aromatic carbocycles. The second-order valence-corrected chi connectivity index (χ2v) is 10.3. The van der Waals surface area contributed by atoms with E-state index in [1.165, 1.54) is 116 Å². The highest BCUT2D eigenvalue weighted by atomic mass is 15.2. The van der Waals surface area contributed by atoms with Crippen LogP contribution in [0.1, 0.15) is 105 Å². The molecule has 0 spiro atoms. The van der Waals surface area contributed by atoms with Crippen LogP contribution in [0.3, 0.4) is 0 Å². The topological polar surface area (TPSA) is 8.88 Å². The lowest BCUT2D eigenvalue weighted by molar-refractivity contribution is -0.890. The molecule has 0 aliphatic carbocycles. The van der Waals surface area contributed by atoms with Gasteiger partial charge in [0.15, 0.2) is 0 Å². The smallest absolute Gasteiger partial charge is 0.0804 e. The van der Waals surface area contributed by atoms with E-state index in [9.17, 15) is 0 Å². The Morgan fingerprint density at radius 2 is 0.679 bits per heavy atom. The maximum absolute atomic E-state index is 2.40. The number of unbranched alkanes of at least 4 members (excludes halogenated alkanes) is 7. The lowest BCUT2D eigenvalue weighted by Crippen LogP contribution is -3.10. The minimum absolute atomic E-state index is 1.02. The van der Waals surface area contributed by atoms with E-state index in [0.29, 0.717) is 0 Å². The molecule has 2 N–H and O–H groups in total. The van der Waals surface area contributed by atoms with Crippen LogP contribution in [0.2, 0.25) is 0 Å².